The van der Waals surface area contributed by atoms with Gasteiger partial charge in [0.25, 0.3) is 15.9 Å². The maximum absolute atomic E-state index is 13.8. The summed E-state index contributed by atoms with van der Waals surface area (Å²) in [5.41, 5.74) is 2.97. The van der Waals surface area contributed by atoms with E-state index in [1.165, 1.54) is 12.1 Å². The van der Waals surface area contributed by atoms with Crippen LogP contribution in [0.2, 0.25) is 0 Å². The van der Waals surface area contributed by atoms with Crippen molar-refractivity contribution in [3.63, 3.8) is 0 Å². The molecule has 1 atom stereocenters. The maximum Gasteiger partial charge on any atom is 0.269 e. The molecule has 3 amide bonds. The molecule has 1 aliphatic heterocycles. The molecule has 0 bridgehead atoms. The van der Waals surface area contributed by atoms with Gasteiger partial charge >= 0.3 is 0 Å². The first-order valence-corrected chi connectivity index (χ1v) is 14.9. The van der Waals surface area contributed by atoms with Crippen LogP contribution in [0, 0.1) is 6.92 Å². The second-order valence-electron chi connectivity index (χ2n) is 10.3. The van der Waals surface area contributed by atoms with Crippen molar-refractivity contribution in [3.8, 4) is 0 Å². The molecule has 0 spiro atoms. The van der Waals surface area contributed by atoms with Crippen molar-refractivity contribution in [2.24, 2.45) is 0 Å². The minimum atomic E-state index is -3.96. The van der Waals surface area contributed by atoms with E-state index in [-0.39, 0.29) is 54.2 Å². The number of sulfonamides is 1. The Balaban J connectivity index is 1.57. The first kappa shape index (κ1) is 29.0. The van der Waals surface area contributed by atoms with Crippen LogP contribution < -0.4 is 5.32 Å². The van der Waals surface area contributed by atoms with Crippen LogP contribution in [0.1, 0.15) is 53.7 Å². The van der Waals surface area contributed by atoms with Crippen molar-refractivity contribution in [2.75, 3.05) is 6.54 Å². The number of fused-ring (bicyclic) bond motifs is 1. The van der Waals surface area contributed by atoms with E-state index >= 15 is 0 Å². The lowest BCUT2D eigenvalue weighted by atomic mass is 10.0. The number of hydrogen-bond donors (Lipinski definition) is 1. The summed E-state index contributed by atoms with van der Waals surface area (Å²) in [6.07, 6.45) is 0.430. The summed E-state index contributed by atoms with van der Waals surface area (Å²) in [7, 11) is -3.96. The Morgan fingerprint density at radius 2 is 1.57 bits per heavy atom. The highest BCUT2D eigenvalue weighted by molar-refractivity contribution is 7.90. The van der Waals surface area contributed by atoms with Crippen LogP contribution in [-0.2, 0) is 32.6 Å². The third-order valence-electron chi connectivity index (χ3n) is 6.97. The van der Waals surface area contributed by atoms with Gasteiger partial charge in [0, 0.05) is 32.0 Å². The number of carbonyl (C=O) groups excluding carboxylic acids is 3. The predicted molar refractivity (Wildman–Crippen MR) is 153 cm³/mol. The SMILES string of the molecule is Cc1ccccc1CN(C(=O)CCCN1C(=O)c2ccccc2S1(=O)=O)C(Cc1ccccc1)C(=O)NC(C)C. The van der Waals surface area contributed by atoms with E-state index in [1.54, 1.807) is 17.0 Å². The lowest BCUT2D eigenvalue weighted by Crippen LogP contribution is -2.52. The molecular weight excluding hydrogens is 526 g/mol. The molecule has 0 saturated carbocycles. The Labute approximate surface area is 236 Å². The van der Waals surface area contributed by atoms with E-state index in [2.05, 4.69) is 5.32 Å². The lowest BCUT2D eigenvalue weighted by molar-refractivity contribution is -0.141. The van der Waals surface area contributed by atoms with Crippen LogP contribution in [0.15, 0.2) is 83.8 Å². The fourth-order valence-corrected chi connectivity index (χ4v) is 6.48. The summed E-state index contributed by atoms with van der Waals surface area (Å²) in [6, 6.07) is 22.5. The highest BCUT2D eigenvalue weighted by Crippen LogP contribution is 2.30. The fraction of sp³-hybridized carbons (Fsp3) is 0.323. The molecule has 40 heavy (non-hydrogen) atoms. The number of nitrogens with zero attached hydrogens (tertiary/aromatic N) is 2. The van der Waals surface area contributed by atoms with Crippen molar-refractivity contribution in [3.05, 3.63) is 101 Å². The summed E-state index contributed by atoms with van der Waals surface area (Å²) < 4.78 is 26.7. The molecule has 9 heteroatoms. The van der Waals surface area contributed by atoms with Crippen molar-refractivity contribution in [2.45, 2.75) is 63.6 Å². The number of rotatable bonds is 11. The number of aryl methyl sites for hydroxylation is 1. The van der Waals surface area contributed by atoms with Gasteiger partial charge in [0.05, 0.1) is 5.56 Å². The quantitative estimate of drug-likeness (QED) is 0.380. The van der Waals surface area contributed by atoms with Gasteiger partial charge in [-0.2, -0.15) is 0 Å². The highest BCUT2D eigenvalue weighted by Gasteiger charge is 2.40. The predicted octanol–water partition coefficient (Wildman–Crippen LogP) is 4.08. The topological polar surface area (TPSA) is 104 Å². The Morgan fingerprint density at radius 1 is 0.925 bits per heavy atom. The summed E-state index contributed by atoms with van der Waals surface area (Å²) >= 11 is 0. The number of hydrogen-bond acceptors (Lipinski definition) is 5. The molecule has 1 N–H and O–H groups in total. The van der Waals surface area contributed by atoms with Gasteiger partial charge in [-0.15, -0.1) is 0 Å². The first-order chi connectivity index (χ1) is 19.1. The molecule has 4 rings (SSSR count). The molecule has 1 heterocycles. The zero-order valence-corrected chi connectivity index (χ0v) is 23.9. The Morgan fingerprint density at radius 3 is 2.25 bits per heavy atom. The van der Waals surface area contributed by atoms with Gasteiger partial charge in [0.1, 0.15) is 10.9 Å². The lowest BCUT2D eigenvalue weighted by Gasteiger charge is -2.32. The van der Waals surface area contributed by atoms with Crippen molar-refractivity contribution >= 4 is 27.7 Å². The smallest absolute Gasteiger partial charge is 0.269 e. The van der Waals surface area contributed by atoms with Crippen molar-refractivity contribution in [1.82, 2.24) is 14.5 Å². The highest BCUT2D eigenvalue weighted by atomic mass is 32.2. The average molecular weight is 562 g/mol. The molecule has 8 nitrogen and oxygen atoms in total. The van der Waals surface area contributed by atoms with Crippen LogP contribution in [-0.4, -0.2) is 54.0 Å². The standard InChI is InChI=1S/C31H35N3O5S/c1-22(2)32-30(36)27(20-24-13-5-4-6-14-24)33(21-25-15-8-7-12-23(25)3)29(35)18-11-19-34-31(37)26-16-9-10-17-28(26)40(34,38)39/h4-10,12-17,22,27H,11,18-21H2,1-3H3,(H,32,36). The molecule has 3 aromatic carbocycles. The summed E-state index contributed by atoms with van der Waals surface area (Å²) in [5.74, 6) is -1.13. The van der Waals surface area contributed by atoms with Gasteiger partial charge in [-0.3, -0.25) is 14.4 Å². The molecule has 1 unspecified atom stereocenters. The maximum atomic E-state index is 13.8. The molecule has 0 saturated heterocycles. The van der Waals surface area contributed by atoms with Crippen LogP contribution in [0.5, 0.6) is 0 Å². The van der Waals surface area contributed by atoms with E-state index in [1.807, 2.05) is 75.4 Å². The van der Waals surface area contributed by atoms with E-state index in [0.717, 1.165) is 21.0 Å². The Bertz CT molecular complexity index is 1490. The van der Waals surface area contributed by atoms with Crippen LogP contribution in [0.4, 0.5) is 0 Å². The van der Waals surface area contributed by atoms with E-state index < -0.39 is 22.0 Å². The van der Waals surface area contributed by atoms with E-state index in [0.29, 0.717) is 6.42 Å². The average Bonchev–Trinajstić information content (AvgIpc) is 3.12. The number of nitrogens with one attached hydrogen (secondary N) is 1. The fourth-order valence-electron chi connectivity index (χ4n) is 4.88. The summed E-state index contributed by atoms with van der Waals surface area (Å²) in [5, 5.41) is 2.96. The second-order valence-corrected chi connectivity index (χ2v) is 12.1. The minimum absolute atomic E-state index is 0.0132. The molecule has 210 valence electrons. The molecule has 0 aliphatic carbocycles. The molecule has 3 aromatic rings. The van der Waals surface area contributed by atoms with Gasteiger partial charge in [0.2, 0.25) is 11.8 Å². The second kappa shape index (κ2) is 12.5. The van der Waals surface area contributed by atoms with E-state index in [4.69, 9.17) is 0 Å². The summed E-state index contributed by atoms with van der Waals surface area (Å²) in [6.45, 7) is 5.80. The van der Waals surface area contributed by atoms with Crippen molar-refractivity contribution < 1.29 is 22.8 Å². The Kier molecular flexibility index (Phi) is 9.04. The number of carbonyl (C=O) groups is 3. The zero-order chi connectivity index (χ0) is 28.9. The molecular formula is C31H35N3O5S. The summed E-state index contributed by atoms with van der Waals surface area (Å²) in [4.78, 5) is 41.7. The number of benzene rings is 3. The largest absolute Gasteiger partial charge is 0.352 e. The van der Waals surface area contributed by atoms with Gasteiger partial charge < -0.3 is 10.2 Å². The molecule has 0 aromatic heterocycles. The number of amides is 3. The third-order valence-corrected chi connectivity index (χ3v) is 8.81. The minimum Gasteiger partial charge on any atom is -0.352 e. The monoisotopic (exact) mass is 561 g/mol. The molecule has 0 radical (unpaired) electrons. The molecule has 0 fully saturated rings. The van der Waals surface area contributed by atoms with Crippen LogP contribution in [0.25, 0.3) is 0 Å². The first-order valence-electron chi connectivity index (χ1n) is 13.4. The zero-order valence-electron chi connectivity index (χ0n) is 23.0. The van der Waals surface area contributed by atoms with Crippen LogP contribution in [0.3, 0.4) is 0 Å². The normalized spacial score (nSPS) is 14.6. The van der Waals surface area contributed by atoms with E-state index in [9.17, 15) is 22.8 Å². The third kappa shape index (κ3) is 6.42. The van der Waals surface area contributed by atoms with Crippen molar-refractivity contribution in [1.29, 1.82) is 0 Å². The van der Waals surface area contributed by atoms with Crippen LogP contribution >= 0.6 is 0 Å². The Hall–Kier alpha value is -3.98. The van der Waals surface area contributed by atoms with Gasteiger partial charge in [-0.05, 0) is 56.0 Å². The van der Waals surface area contributed by atoms with Gasteiger partial charge in [-0.25, -0.2) is 12.7 Å². The van der Waals surface area contributed by atoms with Gasteiger partial charge in [-0.1, -0.05) is 66.7 Å². The molecule has 1 aliphatic rings. The van der Waals surface area contributed by atoms with Gasteiger partial charge in [0.15, 0.2) is 0 Å².